The first-order chi connectivity index (χ1) is 17.4. The van der Waals surface area contributed by atoms with Crippen LogP contribution in [0.4, 0.5) is 0 Å². The van der Waals surface area contributed by atoms with E-state index in [2.05, 4.69) is 10.1 Å². The van der Waals surface area contributed by atoms with Gasteiger partial charge < -0.3 is 19.0 Å². The van der Waals surface area contributed by atoms with Gasteiger partial charge in [-0.3, -0.25) is 4.79 Å². The number of para-hydroxylation sites is 1. The number of carbonyl (C=O) groups is 1. The Kier molecular flexibility index (Phi) is 5.95. The topological polar surface area (TPSA) is 116 Å². The molecule has 180 valence electrons. The second-order valence-corrected chi connectivity index (χ2v) is 7.97. The van der Waals surface area contributed by atoms with Gasteiger partial charge in [-0.2, -0.15) is 9.78 Å². The SMILES string of the molecule is COc1cccc2oc(-c3nc4ccccc4c(=O)n3N=Cc3cccc(O[C@H](C)C(=O)O)c3)cc12. The lowest BCUT2D eigenvalue weighted by molar-refractivity contribution is -0.144. The number of hydrogen-bond donors (Lipinski definition) is 1. The molecule has 0 radical (unpaired) electrons. The number of carboxylic acids is 1. The quantitative estimate of drug-likeness (QED) is 0.338. The zero-order chi connectivity index (χ0) is 25.2. The molecule has 5 rings (SSSR count). The van der Waals surface area contributed by atoms with Crippen molar-refractivity contribution in [3.05, 3.63) is 88.7 Å². The second kappa shape index (κ2) is 9.38. The lowest BCUT2D eigenvalue weighted by Crippen LogP contribution is -2.22. The molecule has 0 unspecified atom stereocenters. The van der Waals surface area contributed by atoms with Gasteiger partial charge in [-0.05, 0) is 55.0 Å². The molecule has 0 amide bonds. The Hall–Kier alpha value is -4.92. The van der Waals surface area contributed by atoms with Crippen molar-refractivity contribution in [1.82, 2.24) is 9.66 Å². The summed E-state index contributed by atoms with van der Waals surface area (Å²) < 4.78 is 18.1. The van der Waals surface area contributed by atoms with Crippen LogP contribution in [-0.4, -0.2) is 40.2 Å². The molecule has 0 bridgehead atoms. The molecule has 0 saturated carbocycles. The molecule has 2 heterocycles. The fraction of sp³-hybridized carbons (Fsp3) is 0.111. The summed E-state index contributed by atoms with van der Waals surface area (Å²) in [5, 5.41) is 14.7. The molecule has 1 N–H and O–H groups in total. The minimum Gasteiger partial charge on any atom is -0.496 e. The molecule has 0 saturated heterocycles. The predicted molar refractivity (Wildman–Crippen MR) is 135 cm³/mol. The number of aromatic nitrogens is 2. The van der Waals surface area contributed by atoms with Gasteiger partial charge in [0.05, 0.1) is 29.6 Å². The molecule has 5 aromatic rings. The van der Waals surface area contributed by atoms with Crippen molar-refractivity contribution >= 4 is 34.1 Å². The van der Waals surface area contributed by atoms with E-state index in [1.54, 1.807) is 67.8 Å². The van der Waals surface area contributed by atoms with E-state index in [0.717, 1.165) is 5.39 Å². The summed E-state index contributed by atoms with van der Waals surface area (Å²) in [5.41, 5.74) is 1.32. The number of nitrogens with zero attached hydrogens (tertiary/aromatic N) is 3. The Bertz CT molecular complexity index is 1680. The van der Waals surface area contributed by atoms with E-state index in [9.17, 15) is 9.59 Å². The maximum Gasteiger partial charge on any atom is 0.344 e. The average molecular weight is 483 g/mol. The molecule has 0 aliphatic heterocycles. The highest BCUT2D eigenvalue weighted by atomic mass is 16.5. The molecule has 36 heavy (non-hydrogen) atoms. The van der Waals surface area contributed by atoms with Crippen molar-refractivity contribution in [2.45, 2.75) is 13.0 Å². The summed E-state index contributed by atoms with van der Waals surface area (Å²) in [4.78, 5) is 29.2. The largest absolute Gasteiger partial charge is 0.496 e. The van der Waals surface area contributed by atoms with Crippen LogP contribution >= 0.6 is 0 Å². The third-order valence-corrected chi connectivity index (χ3v) is 5.56. The van der Waals surface area contributed by atoms with E-state index in [1.807, 2.05) is 12.1 Å². The summed E-state index contributed by atoms with van der Waals surface area (Å²) in [6.07, 6.45) is 0.462. The molecule has 2 aromatic heterocycles. The van der Waals surface area contributed by atoms with Crippen LogP contribution in [0, 0.1) is 0 Å². The maximum absolute atomic E-state index is 13.4. The van der Waals surface area contributed by atoms with Crippen molar-refractivity contribution in [3.63, 3.8) is 0 Å². The number of ether oxygens (including phenoxy) is 2. The van der Waals surface area contributed by atoms with Crippen molar-refractivity contribution in [2.75, 3.05) is 7.11 Å². The number of benzene rings is 3. The van der Waals surface area contributed by atoms with Crippen LogP contribution in [0.2, 0.25) is 0 Å². The van der Waals surface area contributed by atoms with Gasteiger partial charge in [0.15, 0.2) is 11.9 Å². The highest BCUT2D eigenvalue weighted by molar-refractivity contribution is 5.88. The summed E-state index contributed by atoms with van der Waals surface area (Å²) in [7, 11) is 1.57. The number of hydrogen-bond acceptors (Lipinski definition) is 7. The molecule has 0 fully saturated rings. The number of methoxy groups -OCH3 is 1. The van der Waals surface area contributed by atoms with Crippen LogP contribution in [0.15, 0.2) is 87.1 Å². The molecule has 9 heteroatoms. The van der Waals surface area contributed by atoms with E-state index < -0.39 is 12.1 Å². The molecule has 0 aliphatic carbocycles. The highest BCUT2D eigenvalue weighted by Gasteiger charge is 2.18. The van der Waals surface area contributed by atoms with E-state index in [4.69, 9.17) is 19.0 Å². The van der Waals surface area contributed by atoms with Crippen molar-refractivity contribution in [3.8, 4) is 23.1 Å². The fourth-order valence-electron chi connectivity index (χ4n) is 3.76. The van der Waals surface area contributed by atoms with Crippen LogP contribution < -0.4 is 15.0 Å². The lowest BCUT2D eigenvalue weighted by atomic mass is 10.2. The van der Waals surface area contributed by atoms with Crippen LogP contribution in [0.3, 0.4) is 0 Å². The van der Waals surface area contributed by atoms with Crippen LogP contribution in [-0.2, 0) is 4.79 Å². The molecule has 1 atom stereocenters. The van der Waals surface area contributed by atoms with Gasteiger partial charge >= 0.3 is 5.97 Å². The van der Waals surface area contributed by atoms with E-state index in [1.165, 1.54) is 17.8 Å². The second-order valence-electron chi connectivity index (χ2n) is 7.97. The molecule has 0 aliphatic rings. The third kappa shape index (κ3) is 4.29. The number of furan rings is 1. The van der Waals surface area contributed by atoms with Gasteiger partial charge in [-0.25, -0.2) is 9.78 Å². The first-order valence-corrected chi connectivity index (χ1v) is 11.1. The average Bonchev–Trinajstić information content (AvgIpc) is 3.32. The number of carboxylic acid groups (broad SMARTS) is 1. The van der Waals surface area contributed by atoms with Gasteiger partial charge in [0, 0.05) is 0 Å². The van der Waals surface area contributed by atoms with E-state index >= 15 is 0 Å². The molecule has 9 nitrogen and oxygen atoms in total. The summed E-state index contributed by atoms with van der Waals surface area (Å²) in [6.45, 7) is 1.44. The van der Waals surface area contributed by atoms with Gasteiger partial charge in [0.2, 0.25) is 5.82 Å². The minimum absolute atomic E-state index is 0.222. The standard InChI is InChI=1S/C27H21N3O6/c1-16(27(32)33)35-18-8-5-7-17(13-18)15-28-30-25(29-21-10-4-3-9-19(21)26(30)31)24-14-20-22(34-2)11-6-12-23(20)36-24/h3-16H,1-2H3,(H,32,33)/t16-/m1/s1. The Morgan fingerprint density at radius 3 is 2.69 bits per heavy atom. The Morgan fingerprint density at radius 1 is 1.08 bits per heavy atom. The minimum atomic E-state index is -1.07. The summed E-state index contributed by atoms with van der Waals surface area (Å²) in [5.74, 6) is 0.493. The summed E-state index contributed by atoms with van der Waals surface area (Å²) >= 11 is 0. The van der Waals surface area contributed by atoms with Crippen LogP contribution in [0.1, 0.15) is 12.5 Å². The van der Waals surface area contributed by atoms with Gasteiger partial charge in [0.25, 0.3) is 5.56 Å². The maximum atomic E-state index is 13.4. The third-order valence-electron chi connectivity index (χ3n) is 5.56. The monoisotopic (exact) mass is 483 g/mol. The number of fused-ring (bicyclic) bond motifs is 2. The van der Waals surface area contributed by atoms with Gasteiger partial charge in [-0.15, -0.1) is 0 Å². The van der Waals surface area contributed by atoms with Crippen molar-refractivity contribution in [2.24, 2.45) is 5.10 Å². The zero-order valence-corrected chi connectivity index (χ0v) is 19.4. The first kappa shape index (κ1) is 22.9. The first-order valence-electron chi connectivity index (χ1n) is 11.1. The smallest absolute Gasteiger partial charge is 0.344 e. The summed E-state index contributed by atoms with van der Waals surface area (Å²) in [6, 6.07) is 20.9. The lowest BCUT2D eigenvalue weighted by Gasteiger charge is -2.10. The number of aliphatic carboxylic acids is 1. The van der Waals surface area contributed by atoms with E-state index in [0.29, 0.717) is 39.3 Å². The fourth-order valence-corrected chi connectivity index (χ4v) is 3.76. The highest BCUT2D eigenvalue weighted by Crippen LogP contribution is 2.32. The Labute approximate surface area is 204 Å². The number of rotatable bonds is 7. The molecular formula is C27H21N3O6. The van der Waals surface area contributed by atoms with Crippen molar-refractivity contribution < 1.29 is 23.8 Å². The molecule has 3 aromatic carbocycles. The van der Waals surface area contributed by atoms with E-state index in [-0.39, 0.29) is 11.4 Å². The zero-order valence-electron chi connectivity index (χ0n) is 19.4. The van der Waals surface area contributed by atoms with Crippen molar-refractivity contribution in [1.29, 1.82) is 0 Å². The molecule has 0 spiro atoms. The van der Waals surface area contributed by atoms with Gasteiger partial charge in [0.1, 0.15) is 17.1 Å². The Balaban J connectivity index is 1.63. The van der Waals surface area contributed by atoms with Crippen LogP contribution in [0.5, 0.6) is 11.5 Å². The van der Waals surface area contributed by atoms with Crippen LogP contribution in [0.25, 0.3) is 33.5 Å². The predicted octanol–water partition coefficient (Wildman–Crippen LogP) is 4.55. The Morgan fingerprint density at radius 2 is 1.89 bits per heavy atom. The normalized spacial score (nSPS) is 12.3. The van der Waals surface area contributed by atoms with Gasteiger partial charge in [-0.1, -0.05) is 30.3 Å². The molecular weight excluding hydrogens is 462 g/mol.